The predicted molar refractivity (Wildman–Crippen MR) is 103 cm³/mol. The number of aromatic nitrogens is 2. The molecule has 7 heteroatoms. The minimum absolute atomic E-state index is 0.0815. The fourth-order valence-electron chi connectivity index (χ4n) is 2.86. The third-order valence-electron chi connectivity index (χ3n) is 4.35. The Morgan fingerprint density at radius 1 is 1.22 bits per heavy atom. The second kappa shape index (κ2) is 7.57. The SMILES string of the molecule is CCCn1c(NC(=O)c2cccc(F)c2)nc2cc(N(C)C(C)=O)ccc21. The third kappa shape index (κ3) is 3.81. The van der Waals surface area contributed by atoms with E-state index in [1.54, 1.807) is 19.2 Å². The first-order valence-electron chi connectivity index (χ1n) is 8.72. The van der Waals surface area contributed by atoms with E-state index in [2.05, 4.69) is 10.3 Å². The van der Waals surface area contributed by atoms with Crippen LogP contribution in [0.2, 0.25) is 0 Å². The summed E-state index contributed by atoms with van der Waals surface area (Å²) in [5.74, 6) is -0.587. The van der Waals surface area contributed by atoms with Crippen LogP contribution in [0, 0.1) is 5.82 Å². The van der Waals surface area contributed by atoms with Crippen LogP contribution in [0.4, 0.5) is 16.0 Å². The number of nitrogens with one attached hydrogen (secondary N) is 1. The van der Waals surface area contributed by atoms with E-state index in [1.807, 2.05) is 23.6 Å². The number of amides is 2. The summed E-state index contributed by atoms with van der Waals surface area (Å²) in [6, 6.07) is 11.0. The Hall–Kier alpha value is -3.22. The van der Waals surface area contributed by atoms with Crippen LogP contribution in [0.5, 0.6) is 0 Å². The van der Waals surface area contributed by atoms with Crippen LogP contribution in [0.3, 0.4) is 0 Å². The largest absolute Gasteiger partial charge is 0.316 e. The molecule has 1 aromatic heterocycles. The van der Waals surface area contributed by atoms with Crippen molar-refractivity contribution in [2.24, 2.45) is 0 Å². The Kier molecular flexibility index (Phi) is 5.21. The molecule has 3 aromatic rings. The zero-order chi connectivity index (χ0) is 19.6. The second-order valence-corrected chi connectivity index (χ2v) is 6.30. The minimum Gasteiger partial charge on any atom is -0.316 e. The number of rotatable bonds is 5. The van der Waals surface area contributed by atoms with Gasteiger partial charge in [-0.2, -0.15) is 0 Å². The summed E-state index contributed by atoms with van der Waals surface area (Å²) < 4.78 is 15.3. The van der Waals surface area contributed by atoms with Crippen molar-refractivity contribution in [3.63, 3.8) is 0 Å². The summed E-state index contributed by atoms with van der Waals surface area (Å²) in [5, 5.41) is 2.77. The first-order chi connectivity index (χ1) is 12.9. The van der Waals surface area contributed by atoms with Gasteiger partial charge in [0.15, 0.2) is 0 Å². The summed E-state index contributed by atoms with van der Waals surface area (Å²) >= 11 is 0. The summed E-state index contributed by atoms with van der Waals surface area (Å²) in [7, 11) is 1.69. The molecule has 0 atom stereocenters. The van der Waals surface area contributed by atoms with E-state index in [-0.39, 0.29) is 11.5 Å². The molecule has 0 radical (unpaired) electrons. The Balaban J connectivity index is 1.99. The lowest BCUT2D eigenvalue weighted by Gasteiger charge is -2.14. The summed E-state index contributed by atoms with van der Waals surface area (Å²) in [4.78, 5) is 30.1. The maximum absolute atomic E-state index is 13.4. The maximum atomic E-state index is 13.4. The van der Waals surface area contributed by atoms with Crippen LogP contribution in [0.25, 0.3) is 11.0 Å². The summed E-state index contributed by atoms with van der Waals surface area (Å²) in [6.45, 7) is 4.18. The number of benzene rings is 2. The first-order valence-corrected chi connectivity index (χ1v) is 8.72. The lowest BCUT2D eigenvalue weighted by molar-refractivity contribution is -0.116. The van der Waals surface area contributed by atoms with Crippen LogP contribution in [0.15, 0.2) is 42.5 Å². The Labute approximate surface area is 156 Å². The fourth-order valence-corrected chi connectivity index (χ4v) is 2.86. The average Bonchev–Trinajstić information content (AvgIpc) is 2.97. The van der Waals surface area contributed by atoms with Crippen molar-refractivity contribution >= 4 is 34.5 Å². The fraction of sp³-hybridized carbons (Fsp3) is 0.250. The molecule has 140 valence electrons. The highest BCUT2D eigenvalue weighted by atomic mass is 19.1. The monoisotopic (exact) mass is 368 g/mol. The quantitative estimate of drug-likeness (QED) is 0.744. The highest BCUT2D eigenvalue weighted by Gasteiger charge is 2.16. The molecular formula is C20H21FN4O2. The van der Waals surface area contributed by atoms with Crippen molar-refractivity contribution in [1.29, 1.82) is 0 Å². The van der Waals surface area contributed by atoms with Gasteiger partial charge in [-0.1, -0.05) is 13.0 Å². The van der Waals surface area contributed by atoms with Gasteiger partial charge in [0.05, 0.1) is 11.0 Å². The van der Waals surface area contributed by atoms with Gasteiger partial charge in [-0.15, -0.1) is 0 Å². The second-order valence-electron chi connectivity index (χ2n) is 6.30. The number of carbonyl (C=O) groups is 2. The molecule has 0 saturated heterocycles. The van der Waals surface area contributed by atoms with Crippen LogP contribution >= 0.6 is 0 Å². The maximum Gasteiger partial charge on any atom is 0.258 e. The number of imidazole rings is 1. The van der Waals surface area contributed by atoms with E-state index in [4.69, 9.17) is 0 Å². The molecule has 0 unspecified atom stereocenters. The van der Waals surface area contributed by atoms with E-state index < -0.39 is 11.7 Å². The van der Waals surface area contributed by atoms with Crippen LogP contribution in [-0.2, 0) is 11.3 Å². The lowest BCUT2D eigenvalue weighted by Crippen LogP contribution is -2.22. The molecule has 1 N–H and O–H groups in total. The highest BCUT2D eigenvalue weighted by Crippen LogP contribution is 2.25. The third-order valence-corrected chi connectivity index (χ3v) is 4.35. The number of nitrogens with zero attached hydrogens (tertiary/aromatic N) is 3. The van der Waals surface area contributed by atoms with Crippen molar-refractivity contribution in [2.75, 3.05) is 17.3 Å². The Morgan fingerprint density at radius 2 is 2.00 bits per heavy atom. The van der Waals surface area contributed by atoms with Crippen molar-refractivity contribution < 1.29 is 14.0 Å². The van der Waals surface area contributed by atoms with Crippen LogP contribution < -0.4 is 10.2 Å². The molecule has 0 saturated carbocycles. The summed E-state index contributed by atoms with van der Waals surface area (Å²) in [6.07, 6.45) is 0.851. The van der Waals surface area contributed by atoms with Crippen LogP contribution in [0.1, 0.15) is 30.6 Å². The number of anilines is 2. The number of aryl methyl sites for hydroxylation is 1. The predicted octanol–water partition coefficient (Wildman–Crippen LogP) is 3.82. The van der Waals surface area contributed by atoms with Gasteiger partial charge in [0.2, 0.25) is 11.9 Å². The molecule has 27 heavy (non-hydrogen) atoms. The van der Waals surface area contributed by atoms with Gasteiger partial charge < -0.3 is 9.47 Å². The molecule has 3 rings (SSSR count). The molecule has 0 aliphatic heterocycles. The normalized spacial score (nSPS) is 10.8. The molecule has 0 spiro atoms. The smallest absolute Gasteiger partial charge is 0.258 e. The topological polar surface area (TPSA) is 67.2 Å². The van der Waals surface area contributed by atoms with E-state index in [9.17, 15) is 14.0 Å². The van der Waals surface area contributed by atoms with Gasteiger partial charge in [0, 0.05) is 31.8 Å². The molecule has 0 bridgehead atoms. The number of hydrogen-bond donors (Lipinski definition) is 1. The highest BCUT2D eigenvalue weighted by molar-refractivity contribution is 6.04. The Bertz CT molecular complexity index is 1010. The van der Waals surface area contributed by atoms with E-state index >= 15 is 0 Å². The average molecular weight is 368 g/mol. The van der Waals surface area contributed by atoms with Gasteiger partial charge in [0.25, 0.3) is 5.91 Å². The molecule has 0 fully saturated rings. The molecule has 2 amide bonds. The zero-order valence-electron chi connectivity index (χ0n) is 15.5. The number of carbonyl (C=O) groups excluding carboxylic acids is 2. The van der Waals surface area contributed by atoms with Crippen LogP contribution in [-0.4, -0.2) is 28.4 Å². The van der Waals surface area contributed by atoms with Gasteiger partial charge in [-0.05, 0) is 42.8 Å². The molecule has 2 aromatic carbocycles. The number of hydrogen-bond acceptors (Lipinski definition) is 3. The molecular weight excluding hydrogens is 347 g/mol. The van der Waals surface area contributed by atoms with Crippen molar-refractivity contribution in [2.45, 2.75) is 26.8 Å². The molecule has 0 aliphatic rings. The molecule has 1 heterocycles. The van der Waals surface area contributed by atoms with Gasteiger partial charge >= 0.3 is 0 Å². The van der Waals surface area contributed by atoms with E-state index in [0.29, 0.717) is 18.0 Å². The van der Waals surface area contributed by atoms with E-state index in [0.717, 1.165) is 17.6 Å². The molecule has 6 nitrogen and oxygen atoms in total. The Morgan fingerprint density at radius 3 is 2.67 bits per heavy atom. The first kappa shape index (κ1) is 18.6. The van der Waals surface area contributed by atoms with Gasteiger partial charge in [-0.3, -0.25) is 14.9 Å². The van der Waals surface area contributed by atoms with Crippen molar-refractivity contribution in [3.05, 3.63) is 53.8 Å². The number of halogens is 1. The van der Waals surface area contributed by atoms with Crippen molar-refractivity contribution in [3.8, 4) is 0 Å². The molecule has 0 aliphatic carbocycles. The zero-order valence-corrected chi connectivity index (χ0v) is 15.5. The summed E-state index contributed by atoms with van der Waals surface area (Å²) in [5.41, 5.74) is 2.47. The minimum atomic E-state index is -0.471. The van der Waals surface area contributed by atoms with E-state index in [1.165, 1.54) is 30.0 Å². The van der Waals surface area contributed by atoms with Gasteiger partial charge in [0.1, 0.15) is 5.82 Å². The number of fused-ring (bicyclic) bond motifs is 1. The van der Waals surface area contributed by atoms with Crippen molar-refractivity contribution in [1.82, 2.24) is 9.55 Å². The standard InChI is InChI=1S/C20H21FN4O2/c1-4-10-25-18-9-8-16(24(3)13(2)26)12-17(18)22-20(25)23-19(27)14-6-5-7-15(21)11-14/h5-9,11-12H,4,10H2,1-3H3,(H,22,23,27). The lowest BCUT2D eigenvalue weighted by atomic mass is 10.2. The van der Waals surface area contributed by atoms with Gasteiger partial charge in [-0.25, -0.2) is 9.37 Å².